The van der Waals surface area contributed by atoms with Crippen LogP contribution in [0.1, 0.15) is 147 Å². The number of anilines is 7. The van der Waals surface area contributed by atoms with Crippen molar-refractivity contribution in [3.8, 4) is 44.5 Å². The Morgan fingerprint density at radius 1 is 0.368 bits per heavy atom. The molecule has 588 valence electrons. The highest BCUT2D eigenvalue weighted by molar-refractivity contribution is 5.96. The molecule has 0 radical (unpaired) electrons. The minimum atomic E-state index is -0.243. The minimum absolute atomic E-state index is 0.0565. The van der Waals surface area contributed by atoms with E-state index in [1.807, 2.05) is 101 Å². The van der Waals surface area contributed by atoms with Gasteiger partial charge >= 0.3 is 12.1 Å². The second-order valence-electron chi connectivity index (χ2n) is 34.3. The van der Waals surface area contributed by atoms with Gasteiger partial charge in [0, 0.05) is 226 Å². The molecule has 4 aromatic carbocycles. The fraction of sp³-hybridized carbons (Fsp3) is 0.409. The third-order valence-electron chi connectivity index (χ3n) is 27.3. The Kier molecular flexibility index (Phi) is 19.9. The summed E-state index contributed by atoms with van der Waals surface area (Å²) < 4.78 is 6.73. The molecule has 8 fully saturated rings. The first-order valence-electron chi connectivity index (χ1n) is 41.1. The highest BCUT2D eigenvalue weighted by Crippen LogP contribution is 2.58. The summed E-state index contributed by atoms with van der Waals surface area (Å²) in [7, 11) is 10.5. The minimum Gasteiger partial charge on any atom is -0.399 e. The first-order valence-corrected chi connectivity index (χ1v) is 41.1. The number of nitrogens with zero attached hydrogens (tertiary/aromatic N) is 9. The van der Waals surface area contributed by atoms with E-state index in [1.165, 1.54) is 120 Å². The molecular formula is C93H104N14O7. The molecular weight excluding hydrogens is 1430 g/mol. The maximum absolute atomic E-state index is 12.6. The van der Waals surface area contributed by atoms with Gasteiger partial charge in [0.15, 0.2) is 0 Å². The van der Waals surface area contributed by atoms with E-state index in [0.717, 1.165) is 171 Å². The lowest BCUT2D eigenvalue weighted by molar-refractivity contribution is 0.253. The quantitative estimate of drug-likeness (QED) is 0.0462. The number of pyridine rings is 4. The molecule has 8 heterocycles. The number of isocyanates is 1. The Morgan fingerprint density at radius 2 is 0.640 bits per heavy atom. The molecule has 8 aromatic rings. The van der Waals surface area contributed by atoms with E-state index in [4.69, 9.17) is 5.73 Å². The third kappa shape index (κ3) is 14.8. The number of aliphatic imine (C=N–C) groups is 1. The van der Waals surface area contributed by atoms with Crippen molar-refractivity contribution in [3.05, 3.63) is 208 Å². The summed E-state index contributed by atoms with van der Waals surface area (Å²) in [6, 6.07) is 23.9. The number of hydrogen-bond donors (Lipinski definition) is 5. The lowest BCUT2D eigenvalue weighted by Crippen LogP contribution is -2.34. The predicted octanol–water partition coefficient (Wildman–Crippen LogP) is 15.1. The monoisotopic (exact) mass is 1530 g/mol. The number of piperidine rings is 4. The molecule has 4 aliphatic heterocycles. The SMILES string of the molecule is CNC(=O)Nc1ccc(N2CCC3(CC2)CC3)c(-c2cn(C)c(=O)c3c2C=CC3)c1.CNC(=O)Nc1ccc(N2CCC3(CC2)CC3)c(-c2cn(C)c(=O)c3c2C=CC3)c1.Cn1cc(-c2cc(N)ccc2N2CCC3(CC2)CC3)c2c(c1=O)CC=C2.Cn1cc(-c2cc(N=C=O)ccc2N2CCC3(CC2)CC3)c2c(c1=O)CC=C2. The first kappa shape index (κ1) is 75.3. The van der Waals surface area contributed by atoms with Crippen molar-refractivity contribution in [1.82, 2.24) is 28.9 Å². The number of rotatable bonds is 11. The number of urea groups is 2. The van der Waals surface area contributed by atoms with Crippen LogP contribution in [0.15, 0.2) is 146 Å². The number of nitrogens with two attached hydrogens (primary N) is 1. The highest BCUT2D eigenvalue weighted by atomic mass is 16.2. The van der Waals surface area contributed by atoms with Crippen LogP contribution in [0.4, 0.5) is 55.1 Å². The maximum Gasteiger partial charge on any atom is 0.318 e. The summed E-state index contributed by atoms with van der Waals surface area (Å²) in [5.41, 5.74) is 32.6. The largest absolute Gasteiger partial charge is 0.399 e. The Bertz CT molecular complexity index is 5470. The smallest absolute Gasteiger partial charge is 0.318 e. The van der Waals surface area contributed by atoms with Crippen LogP contribution in [0.3, 0.4) is 0 Å². The highest BCUT2D eigenvalue weighted by Gasteiger charge is 2.48. The predicted molar refractivity (Wildman–Crippen MR) is 460 cm³/mol. The average molecular weight is 1530 g/mol. The van der Waals surface area contributed by atoms with Crippen molar-refractivity contribution in [2.45, 2.75) is 128 Å². The summed E-state index contributed by atoms with van der Waals surface area (Å²) in [5.74, 6) is 0. The van der Waals surface area contributed by atoms with E-state index >= 15 is 0 Å². The van der Waals surface area contributed by atoms with Crippen molar-refractivity contribution in [1.29, 1.82) is 0 Å². The van der Waals surface area contributed by atoms with Crippen molar-refractivity contribution >= 4 is 87.9 Å². The molecule has 4 saturated heterocycles. The van der Waals surface area contributed by atoms with Crippen LogP contribution in [-0.4, -0.2) is 103 Å². The van der Waals surface area contributed by atoms with Crippen LogP contribution in [0.2, 0.25) is 0 Å². The van der Waals surface area contributed by atoms with Crippen molar-refractivity contribution in [3.63, 3.8) is 0 Å². The number of nitrogens with one attached hydrogen (secondary N) is 4. The number of allylic oxidation sites excluding steroid dienone is 4. The normalized spacial score (nSPS) is 18.8. The van der Waals surface area contributed by atoms with Gasteiger partial charge in [-0.15, -0.1) is 0 Å². The number of hydrogen-bond acceptors (Lipinski definition) is 13. The van der Waals surface area contributed by atoms with E-state index in [1.54, 1.807) is 45.5 Å². The standard InChI is InChI=1S/2C24H28N4O2.C23H23N3O2.C22H25N3O/c2*1-25-23(30)26-16-6-7-21(28-12-10-24(8-9-24)11-13-28)19(14-16)20-15-27(2)22(29)18-5-3-4-17(18)20;1-25-14-20(17-3-2-4-18(17)22(25)28)19-13-16(24-15-27)5-6-21(19)26-11-9-23(7-8-23)10-12-26;1-24-14-19(16-3-2-4-17(16)21(24)26)18-13-15(23)5-6-20(18)25-11-9-22(7-8-22)10-12-25/h2*3-4,6-7,14-15H,5,8-13H2,1-2H3,(H2,25,26,30);2-3,5-6,13-14H,4,7-12H2,1H3;2-3,5-6,13-14H,4,7-12,23H2,1H3. The molecule has 4 saturated carbocycles. The van der Waals surface area contributed by atoms with E-state index < -0.39 is 0 Å². The number of carbonyl (C=O) groups is 2. The number of aromatic nitrogens is 4. The van der Waals surface area contributed by atoms with Gasteiger partial charge in [0.1, 0.15) is 0 Å². The average Bonchev–Trinajstić information content (AvgIpc) is 1.75. The molecule has 0 atom stereocenters. The van der Waals surface area contributed by atoms with Gasteiger partial charge in [-0.2, -0.15) is 4.99 Å². The topological polar surface area (TPSA) is 239 Å². The van der Waals surface area contributed by atoms with Gasteiger partial charge in [-0.05, 0) is 245 Å². The maximum atomic E-state index is 12.6. The van der Waals surface area contributed by atoms with Crippen LogP contribution in [0.25, 0.3) is 68.8 Å². The van der Waals surface area contributed by atoms with Crippen molar-refractivity contribution < 1.29 is 14.4 Å². The van der Waals surface area contributed by atoms with Gasteiger partial charge in [-0.1, -0.05) is 48.6 Å². The molecule has 20 rings (SSSR count). The Labute approximate surface area is 665 Å². The molecule has 6 N–H and O–H groups in total. The molecule has 4 spiro atoms. The second-order valence-corrected chi connectivity index (χ2v) is 34.3. The molecule has 21 nitrogen and oxygen atoms in total. The van der Waals surface area contributed by atoms with Crippen LogP contribution in [0, 0.1) is 21.7 Å². The lowest BCUT2D eigenvalue weighted by Gasteiger charge is -2.35. The number of amides is 4. The van der Waals surface area contributed by atoms with Crippen molar-refractivity contribution in [2.75, 3.05) is 102 Å². The third-order valence-corrected chi connectivity index (χ3v) is 27.3. The summed E-state index contributed by atoms with van der Waals surface area (Å²) in [6.07, 6.45) is 49.8. The molecule has 0 unspecified atom stereocenters. The van der Waals surface area contributed by atoms with Gasteiger partial charge in [-0.3, -0.25) is 19.2 Å². The Balaban J connectivity index is 0.000000110. The Morgan fingerprint density at radius 3 is 0.921 bits per heavy atom. The molecule has 8 aliphatic carbocycles. The number of carbonyl (C=O) groups excluding carboxylic acids is 3. The van der Waals surface area contributed by atoms with Gasteiger partial charge in [-0.25, -0.2) is 14.4 Å². The first-order chi connectivity index (χ1) is 55.2. The number of benzene rings is 4. The zero-order chi connectivity index (χ0) is 79.0. The molecule has 12 aliphatic rings. The fourth-order valence-corrected chi connectivity index (χ4v) is 19.2. The number of aryl methyl sites for hydroxylation is 4. The van der Waals surface area contributed by atoms with E-state index in [0.29, 0.717) is 46.6 Å². The number of nitrogen functional groups attached to an aromatic ring is 1. The zero-order valence-electron chi connectivity index (χ0n) is 66.6. The molecule has 21 heteroatoms. The summed E-state index contributed by atoms with van der Waals surface area (Å²) in [5, 5.41) is 11.0. The molecule has 4 amide bonds. The van der Waals surface area contributed by atoms with E-state index in [9.17, 15) is 33.6 Å². The Hall–Kier alpha value is -11.4. The van der Waals surface area contributed by atoms with Gasteiger partial charge in [0.25, 0.3) is 22.2 Å². The molecule has 0 bridgehead atoms. The van der Waals surface area contributed by atoms with Crippen LogP contribution >= 0.6 is 0 Å². The zero-order valence-corrected chi connectivity index (χ0v) is 66.6. The summed E-state index contributed by atoms with van der Waals surface area (Å²) in [6.45, 7) is 8.54. The summed E-state index contributed by atoms with van der Waals surface area (Å²) >= 11 is 0. The van der Waals surface area contributed by atoms with Crippen molar-refractivity contribution in [2.24, 2.45) is 54.8 Å². The van der Waals surface area contributed by atoms with E-state index in [2.05, 4.69) is 113 Å². The van der Waals surface area contributed by atoms with E-state index in [-0.39, 0.29) is 34.3 Å². The summed E-state index contributed by atoms with van der Waals surface area (Å²) in [4.78, 5) is 98.5. The lowest BCUT2D eigenvalue weighted by atomic mass is 9.91. The van der Waals surface area contributed by atoms with Crippen LogP contribution < -0.4 is 68.8 Å². The molecule has 114 heavy (non-hydrogen) atoms. The van der Waals surface area contributed by atoms with Gasteiger partial charge in [0.2, 0.25) is 6.08 Å². The fourth-order valence-electron chi connectivity index (χ4n) is 19.2. The second kappa shape index (κ2) is 30.2. The van der Waals surface area contributed by atoms with Crippen LogP contribution in [0.5, 0.6) is 0 Å². The van der Waals surface area contributed by atoms with Gasteiger partial charge < -0.3 is 64.9 Å². The van der Waals surface area contributed by atoms with Gasteiger partial charge in [0.05, 0.1) is 5.69 Å². The number of fused-ring (bicyclic) bond motifs is 4. The van der Waals surface area contributed by atoms with Crippen LogP contribution in [-0.2, 0) is 58.7 Å². The molecule has 4 aromatic heterocycles.